The van der Waals surface area contributed by atoms with Crippen molar-refractivity contribution in [2.24, 2.45) is 0 Å². The highest BCUT2D eigenvalue weighted by molar-refractivity contribution is 5.29. The van der Waals surface area contributed by atoms with Gasteiger partial charge in [-0.2, -0.15) is 5.10 Å². The lowest BCUT2D eigenvalue weighted by atomic mass is 10.4. The molecule has 4 heteroatoms. The molecule has 0 atom stereocenters. The van der Waals surface area contributed by atoms with Crippen LogP contribution >= 0.6 is 0 Å². The van der Waals surface area contributed by atoms with E-state index in [1.54, 1.807) is 35.7 Å². The molecule has 0 radical (unpaired) electrons. The quantitative estimate of drug-likeness (QED) is 0.590. The summed E-state index contributed by atoms with van der Waals surface area (Å²) in [6.45, 7) is 0. The molecule has 0 aliphatic carbocycles. The second-order valence-electron chi connectivity index (χ2n) is 2.38. The van der Waals surface area contributed by atoms with E-state index in [-0.39, 0.29) is 0 Å². The summed E-state index contributed by atoms with van der Waals surface area (Å²) in [5, 5.41) is 4.03. The summed E-state index contributed by atoms with van der Waals surface area (Å²) in [6, 6.07) is 0. The summed E-state index contributed by atoms with van der Waals surface area (Å²) in [5.74, 6) is 3.14. The molecule has 0 N–H and O–H groups in total. The highest BCUT2D eigenvalue weighted by Gasteiger charge is 1.98. The number of hydrogen-bond donors (Lipinski definition) is 0. The van der Waals surface area contributed by atoms with Crippen LogP contribution in [0.15, 0.2) is 31.0 Å². The highest BCUT2D eigenvalue weighted by Crippen LogP contribution is 2.01. The Balaban J connectivity index is 2.43. The maximum atomic E-state index is 5.20. The molecular weight excluding hydrogens is 164 g/mol. The van der Waals surface area contributed by atoms with Gasteiger partial charge in [0.2, 0.25) is 0 Å². The molecule has 0 unspecified atom stereocenters. The Morgan fingerprint density at radius 2 is 2.23 bits per heavy atom. The van der Waals surface area contributed by atoms with Gasteiger partial charge in [-0.05, 0) is 0 Å². The van der Waals surface area contributed by atoms with E-state index in [4.69, 9.17) is 6.42 Å². The fourth-order valence-corrected chi connectivity index (χ4v) is 0.932. The molecule has 0 bridgehead atoms. The van der Waals surface area contributed by atoms with Crippen molar-refractivity contribution in [1.82, 2.24) is 19.7 Å². The van der Waals surface area contributed by atoms with Crippen molar-refractivity contribution in [3.63, 3.8) is 0 Å². The predicted octanol–water partition coefficient (Wildman–Crippen LogP) is 0.644. The van der Waals surface area contributed by atoms with Crippen LogP contribution in [0.3, 0.4) is 0 Å². The van der Waals surface area contributed by atoms with Crippen molar-refractivity contribution in [2.45, 2.75) is 0 Å². The van der Waals surface area contributed by atoms with Gasteiger partial charge < -0.3 is 0 Å². The monoisotopic (exact) mass is 170 g/mol. The van der Waals surface area contributed by atoms with E-state index in [2.05, 4.69) is 21.0 Å². The molecule has 0 aliphatic rings. The molecule has 2 aromatic rings. The second-order valence-corrected chi connectivity index (χ2v) is 2.38. The Labute approximate surface area is 75.3 Å². The fraction of sp³-hybridized carbons (Fsp3) is 0. The summed E-state index contributed by atoms with van der Waals surface area (Å²) < 4.78 is 1.59. The molecule has 0 aliphatic heterocycles. The first-order valence-electron chi connectivity index (χ1n) is 3.68. The Hall–Kier alpha value is -2.15. The maximum Gasteiger partial charge on any atom is 0.171 e. The van der Waals surface area contributed by atoms with Crippen molar-refractivity contribution in [2.75, 3.05) is 0 Å². The molecule has 4 nitrogen and oxygen atoms in total. The molecule has 0 saturated heterocycles. The lowest BCUT2D eigenvalue weighted by Crippen LogP contribution is -1.97. The molecule has 62 valence electrons. The van der Waals surface area contributed by atoms with Crippen molar-refractivity contribution < 1.29 is 0 Å². The van der Waals surface area contributed by atoms with Gasteiger partial charge in [0, 0.05) is 18.6 Å². The van der Waals surface area contributed by atoms with E-state index in [1.807, 2.05) is 0 Å². The molecule has 0 fully saturated rings. The van der Waals surface area contributed by atoms with Crippen molar-refractivity contribution in [3.8, 4) is 18.2 Å². The summed E-state index contributed by atoms with van der Waals surface area (Å²) in [6.07, 6.45) is 13.4. The zero-order chi connectivity index (χ0) is 9.10. The number of nitrogens with zero attached hydrogens (tertiary/aromatic N) is 4. The lowest BCUT2D eigenvalue weighted by molar-refractivity contribution is 0.837. The molecule has 2 heterocycles. The van der Waals surface area contributed by atoms with Crippen LogP contribution in [-0.4, -0.2) is 19.7 Å². The SMILES string of the molecule is C#Cc1cnn(-c2cnccn2)c1. The number of rotatable bonds is 1. The highest BCUT2D eigenvalue weighted by atomic mass is 15.3. The van der Waals surface area contributed by atoms with E-state index in [0.717, 1.165) is 5.56 Å². The van der Waals surface area contributed by atoms with Crippen LogP contribution in [0.2, 0.25) is 0 Å². The number of hydrogen-bond acceptors (Lipinski definition) is 3. The van der Waals surface area contributed by atoms with Crippen LogP contribution in [-0.2, 0) is 0 Å². The average Bonchev–Trinajstić information content (AvgIpc) is 2.67. The third-order valence-corrected chi connectivity index (χ3v) is 1.53. The van der Waals surface area contributed by atoms with Crippen molar-refractivity contribution in [3.05, 3.63) is 36.5 Å². The lowest BCUT2D eigenvalue weighted by Gasteiger charge is -1.95. The van der Waals surface area contributed by atoms with E-state index in [9.17, 15) is 0 Å². The summed E-state index contributed by atoms with van der Waals surface area (Å²) >= 11 is 0. The maximum absolute atomic E-state index is 5.20. The van der Waals surface area contributed by atoms with Crippen LogP contribution in [0, 0.1) is 12.3 Å². The summed E-state index contributed by atoms with van der Waals surface area (Å²) in [4.78, 5) is 7.99. The predicted molar refractivity (Wildman–Crippen MR) is 47.1 cm³/mol. The third-order valence-electron chi connectivity index (χ3n) is 1.53. The normalized spacial score (nSPS) is 9.46. The van der Waals surface area contributed by atoms with Crippen LogP contribution in [0.1, 0.15) is 5.56 Å². The minimum Gasteiger partial charge on any atom is -0.259 e. The number of aromatic nitrogens is 4. The molecule has 2 rings (SSSR count). The Bertz CT molecular complexity index is 438. The average molecular weight is 170 g/mol. The van der Waals surface area contributed by atoms with Gasteiger partial charge in [0.25, 0.3) is 0 Å². The molecule has 0 saturated carbocycles. The summed E-state index contributed by atoms with van der Waals surface area (Å²) in [5.41, 5.74) is 0.727. The molecule has 13 heavy (non-hydrogen) atoms. The molecule has 0 amide bonds. The van der Waals surface area contributed by atoms with E-state index in [1.165, 1.54) is 0 Å². The van der Waals surface area contributed by atoms with E-state index >= 15 is 0 Å². The van der Waals surface area contributed by atoms with Crippen LogP contribution in [0.5, 0.6) is 0 Å². The molecular formula is C9H6N4. The van der Waals surface area contributed by atoms with Crippen LogP contribution < -0.4 is 0 Å². The minimum atomic E-state index is 0.656. The van der Waals surface area contributed by atoms with Gasteiger partial charge in [-0.1, -0.05) is 5.92 Å². The Morgan fingerprint density at radius 1 is 1.31 bits per heavy atom. The first kappa shape index (κ1) is 7.50. The van der Waals surface area contributed by atoms with Gasteiger partial charge in [0.15, 0.2) is 5.82 Å². The van der Waals surface area contributed by atoms with E-state index < -0.39 is 0 Å². The zero-order valence-electron chi connectivity index (χ0n) is 6.75. The van der Waals surface area contributed by atoms with Gasteiger partial charge in [0.1, 0.15) is 0 Å². The first-order chi connectivity index (χ1) is 6.40. The van der Waals surface area contributed by atoms with Gasteiger partial charge >= 0.3 is 0 Å². The van der Waals surface area contributed by atoms with Gasteiger partial charge in [-0.15, -0.1) is 6.42 Å². The molecule has 2 aromatic heterocycles. The molecule has 0 aromatic carbocycles. The standard InChI is InChI=1S/C9H6N4/c1-2-8-5-12-13(7-8)9-6-10-3-4-11-9/h1,3-7H. The van der Waals surface area contributed by atoms with Gasteiger partial charge in [-0.25, -0.2) is 9.67 Å². The van der Waals surface area contributed by atoms with Gasteiger partial charge in [-0.3, -0.25) is 4.98 Å². The molecule has 0 spiro atoms. The van der Waals surface area contributed by atoms with E-state index in [0.29, 0.717) is 5.82 Å². The fourth-order valence-electron chi connectivity index (χ4n) is 0.932. The Kier molecular flexibility index (Phi) is 1.77. The topological polar surface area (TPSA) is 43.6 Å². The second kappa shape index (κ2) is 3.07. The first-order valence-corrected chi connectivity index (χ1v) is 3.68. The zero-order valence-corrected chi connectivity index (χ0v) is 6.75. The van der Waals surface area contributed by atoms with Crippen molar-refractivity contribution >= 4 is 0 Å². The Morgan fingerprint density at radius 3 is 2.85 bits per heavy atom. The van der Waals surface area contributed by atoms with Gasteiger partial charge in [0.05, 0.1) is 18.0 Å². The van der Waals surface area contributed by atoms with Crippen LogP contribution in [0.4, 0.5) is 0 Å². The smallest absolute Gasteiger partial charge is 0.171 e. The number of terminal acetylenes is 1. The third kappa shape index (κ3) is 1.40. The minimum absolute atomic E-state index is 0.656. The van der Waals surface area contributed by atoms with Crippen molar-refractivity contribution in [1.29, 1.82) is 0 Å². The largest absolute Gasteiger partial charge is 0.259 e. The summed E-state index contributed by atoms with van der Waals surface area (Å²) in [7, 11) is 0. The van der Waals surface area contributed by atoms with Crippen LogP contribution in [0.25, 0.3) is 5.82 Å².